The van der Waals surface area contributed by atoms with Gasteiger partial charge in [-0.2, -0.15) is 0 Å². The summed E-state index contributed by atoms with van der Waals surface area (Å²) in [5.41, 5.74) is 2.11. The second-order valence-electron chi connectivity index (χ2n) is 6.84. The summed E-state index contributed by atoms with van der Waals surface area (Å²) in [5.74, 6) is 0. The zero-order chi connectivity index (χ0) is 18.0. The number of aryl methyl sites for hydroxylation is 1. The van der Waals surface area contributed by atoms with Crippen LogP contribution in [0.15, 0.2) is 42.5 Å². The average Bonchev–Trinajstić information content (AvgIpc) is 2.60. The number of benzene rings is 2. The Morgan fingerprint density at radius 3 is 2.40 bits per heavy atom. The monoisotopic (exact) mass is 379 g/mol. The highest BCUT2D eigenvalue weighted by molar-refractivity contribution is 6.42. The topological polar surface area (TPSA) is 43.7 Å². The molecule has 5 heteroatoms. The molecular formula is C20H23Cl2NO2. The van der Waals surface area contributed by atoms with Crippen molar-refractivity contribution in [3.05, 3.63) is 69.2 Å². The molecule has 25 heavy (non-hydrogen) atoms. The highest BCUT2D eigenvalue weighted by atomic mass is 35.5. The molecule has 0 aromatic heterocycles. The highest BCUT2D eigenvalue weighted by Crippen LogP contribution is 2.35. The van der Waals surface area contributed by atoms with Gasteiger partial charge in [0, 0.05) is 19.6 Å². The van der Waals surface area contributed by atoms with Crippen molar-refractivity contribution < 1.29 is 10.2 Å². The van der Waals surface area contributed by atoms with E-state index >= 15 is 0 Å². The van der Waals surface area contributed by atoms with Crippen LogP contribution in [0.3, 0.4) is 0 Å². The molecule has 1 atom stereocenters. The molecule has 2 N–H and O–H groups in total. The normalized spacial score (nSPS) is 18.9. The first-order valence-electron chi connectivity index (χ1n) is 8.53. The van der Waals surface area contributed by atoms with Crippen molar-refractivity contribution in [3.63, 3.8) is 0 Å². The fourth-order valence-electron chi connectivity index (χ4n) is 3.54. The van der Waals surface area contributed by atoms with Gasteiger partial charge < -0.3 is 15.1 Å². The van der Waals surface area contributed by atoms with Gasteiger partial charge in [-0.25, -0.2) is 0 Å². The first-order chi connectivity index (χ1) is 11.9. The van der Waals surface area contributed by atoms with E-state index in [0.717, 1.165) is 29.8 Å². The maximum atomic E-state index is 11.0. The minimum atomic E-state index is -0.781. The van der Waals surface area contributed by atoms with Crippen molar-refractivity contribution in [2.45, 2.75) is 31.5 Å². The Hall–Kier alpha value is -1.10. The van der Waals surface area contributed by atoms with Gasteiger partial charge in [-0.05, 0) is 48.6 Å². The van der Waals surface area contributed by atoms with E-state index in [4.69, 9.17) is 23.2 Å². The van der Waals surface area contributed by atoms with Gasteiger partial charge >= 0.3 is 0 Å². The molecule has 1 fully saturated rings. The van der Waals surface area contributed by atoms with Gasteiger partial charge in [-0.1, -0.05) is 53.5 Å². The zero-order valence-corrected chi connectivity index (χ0v) is 15.8. The smallest absolute Gasteiger partial charge is 0.0923 e. The van der Waals surface area contributed by atoms with E-state index in [9.17, 15) is 10.2 Å². The Morgan fingerprint density at radius 2 is 1.76 bits per heavy atom. The van der Waals surface area contributed by atoms with Crippen molar-refractivity contribution in [1.82, 2.24) is 4.90 Å². The second kappa shape index (κ2) is 7.65. The van der Waals surface area contributed by atoms with Gasteiger partial charge in [0.15, 0.2) is 0 Å². The van der Waals surface area contributed by atoms with Crippen LogP contribution in [0.5, 0.6) is 0 Å². The maximum absolute atomic E-state index is 11.0. The van der Waals surface area contributed by atoms with Crippen molar-refractivity contribution in [2.75, 3.05) is 19.6 Å². The summed E-state index contributed by atoms with van der Waals surface area (Å²) < 4.78 is 0. The van der Waals surface area contributed by atoms with E-state index < -0.39 is 11.7 Å². The number of halogens is 2. The molecule has 0 amide bonds. The lowest BCUT2D eigenvalue weighted by atomic mass is 9.82. The molecule has 0 saturated carbocycles. The fourth-order valence-corrected chi connectivity index (χ4v) is 3.85. The number of aliphatic hydroxyl groups is 2. The quantitative estimate of drug-likeness (QED) is 0.831. The van der Waals surface area contributed by atoms with Crippen LogP contribution in [0.25, 0.3) is 0 Å². The Balaban J connectivity index is 1.62. The summed E-state index contributed by atoms with van der Waals surface area (Å²) in [6, 6.07) is 13.2. The number of nitrogens with zero attached hydrogens (tertiary/aromatic N) is 1. The molecule has 2 aromatic carbocycles. The van der Waals surface area contributed by atoms with Gasteiger partial charge in [-0.3, -0.25) is 0 Å². The third kappa shape index (κ3) is 4.18. The van der Waals surface area contributed by atoms with Crippen molar-refractivity contribution in [3.8, 4) is 0 Å². The molecule has 1 heterocycles. The lowest BCUT2D eigenvalue weighted by Gasteiger charge is -2.39. The van der Waals surface area contributed by atoms with Gasteiger partial charge in [0.1, 0.15) is 0 Å². The summed E-state index contributed by atoms with van der Waals surface area (Å²) in [6.45, 7) is 4.03. The van der Waals surface area contributed by atoms with E-state index in [0.29, 0.717) is 29.4 Å². The summed E-state index contributed by atoms with van der Waals surface area (Å²) >= 11 is 12.0. The molecule has 0 unspecified atom stereocenters. The number of likely N-dealkylation sites (tertiary alicyclic amines) is 1. The number of piperidine rings is 1. The summed E-state index contributed by atoms with van der Waals surface area (Å²) in [6.07, 6.45) is 0.692. The second-order valence-corrected chi connectivity index (χ2v) is 7.65. The summed E-state index contributed by atoms with van der Waals surface area (Å²) in [7, 11) is 0. The zero-order valence-electron chi connectivity index (χ0n) is 14.3. The van der Waals surface area contributed by atoms with E-state index in [2.05, 4.69) is 4.90 Å². The van der Waals surface area contributed by atoms with E-state index in [-0.39, 0.29) is 0 Å². The minimum Gasteiger partial charge on any atom is -0.387 e. The molecule has 134 valence electrons. The number of β-amino-alcohol motifs (C(OH)–C–C–N with tert-alkyl or cyclic N) is 1. The van der Waals surface area contributed by atoms with E-state index in [1.165, 1.54) is 0 Å². The molecule has 3 rings (SSSR count). The third-order valence-corrected chi connectivity index (χ3v) is 5.83. The number of hydrogen-bond acceptors (Lipinski definition) is 3. The van der Waals surface area contributed by atoms with Gasteiger partial charge in [-0.15, -0.1) is 0 Å². The molecule has 1 aliphatic heterocycles. The van der Waals surface area contributed by atoms with Crippen LogP contribution >= 0.6 is 23.2 Å². The van der Waals surface area contributed by atoms with Gasteiger partial charge in [0.25, 0.3) is 0 Å². The Kier molecular flexibility index (Phi) is 5.71. The molecular weight excluding hydrogens is 357 g/mol. The van der Waals surface area contributed by atoms with Crippen molar-refractivity contribution in [2.24, 2.45) is 0 Å². The highest BCUT2D eigenvalue weighted by Gasteiger charge is 2.35. The van der Waals surface area contributed by atoms with Gasteiger partial charge in [0.05, 0.1) is 21.8 Å². The van der Waals surface area contributed by atoms with Crippen LogP contribution in [0.4, 0.5) is 0 Å². The van der Waals surface area contributed by atoms with Crippen LogP contribution in [0.1, 0.15) is 35.6 Å². The molecule has 0 bridgehead atoms. The van der Waals surface area contributed by atoms with E-state index in [1.54, 1.807) is 18.2 Å². The van der Waals surface area contributed by atoms with Crippen molar-refractivity contribution >= 4 is 23.2 Å². The predicted octanol–water partition coefficient (Wildman–Crippen LogP) is 4.32. The van der Waals surface area contributed by atoms with E-state index in [1.807, 2.05) is 31.2 Å². The van der Waals surface area contributed by atoms with Crippen LogP contribution < -0.4 is 0 Å². The predicted molar refractivity (Wildman–Crippen MR) is 102 cm³/mol. The SMILES string of the molecule is Cc1ccccc1C1(O)CCN(C[C@H](O)c2ccc(Cl)c(Cl)c2)CC1. The van der Waals surface area contributed by atoms with Gasteiger partial charge in [0.2, 0.25) is 0 Å². The first kappa shape index (κ1) is 18.7. The number of hydrogen-bond donors (Lipinski definition) is 2. The lowest BCUT2D eigenvalue weighted by molar-refractivity contribution is -0.0348. The molecule has 0 aliphatic carbocycles. The fraction of sp³-hybridized carbons (Fsp3) is 0.400. The average molecular weight is 380 g/mol. The van der Waals surface area contributed by atoms with Crippen molar-refractivity contribution in [1.29, 1.82) is 0 Å². The molecule has 3 nitrogen and oxygen atoms in total. The maximum Gasteiger partial charge on any atom is 0.0923 e. The Morgan fingerprint density at radius 1 is 1.08 bits per heavy atom. The van der Waals surface area contributed by atoms with Crippen LogP contribution in [0.2, 0.25) is 10.0 Å². The molecule has 0 spiro atoms. The molecule has 1 saturated heterocycles. The number of rotatable bonds is 4. The third-order valence-electron chi connectivity index (χ3n) is 5.09. The largest absolute Gasteiger partial charge is 0.387 e. The molecule has 0 radical (unpaired) electrons. The van der Waals surface area contributed by atoms with Crippen LogP contribution in [-0.4, -0.2) is 34.7 Å². The molecule has 2 aromatic rings. The Labute approximate surface area is 158 Å². The number of aliphatic hydroxyl groups excluding tert-OH is 1. The first-order valence-corrected chi connectivity index (χ1v) is 9.28. The molecule has 1 aliphatic rings. The minimum absolute atomic E-state index is 0.450. The van der Waals surface area contributed by atoms with Crippen LogP contribution in [0, 0.1) is 6.92 Å². The van der Waals surface area contributed by atoms with Crippen LogP contribution in [-0.2, 0) is 5.60 Å². The lowest BCUT2D eigenvalue weighted by Crippen LogP contribution is -2.44. The standard InChI is InChI=1S/C20H23Cl2NO2/c1-14-4-2-3-5-16(14)20(25)8-10-23(11-9-20)13-19(24)15-6-7-17(21)18(22)12-15/h2-7,12,19,24-25H,8-11,13H2,1H3/t19-/m0/s1. The summed E-state index contributed by atoms with van der Waals surface area (Å²) in [5, 5.41) is 22.4. The summed E-state index contributed by atoms with van der Waals surface area (Å²) in [4.78, 5) is 2.18. The Bertz CT molecular complexity index is 742.